The number of H-pyrrole nitrogens is 1. The predicted molar refractivity (Wildman–Crippen MR) is 85.4 cm³/mol. The Morgan fingerprint density at radius 3 is 2.76 bits per heavy atom. The van der Waals surface area contributed by atoms with Crippen molar-refractivity contribution in [3.63, 3.8) is 0 Å². The van der Waals surface area contributed by atoms with E-state index in [1.165, 1.54) is 16.0 Å². The average Bonchev–Trinajstić information content (AvgIpc) is 3.18. The van der Waals surface area contributed by atoms with Crippen LogP contribution in [0.25, 0.3) is 10.6 Å². The van der Waals surface area contributed by atoms with E-state index in [2.05, 4.69) is 45.2 Å². The fraction of sp³-hybridized carbons (Fsp3) is 0.188. The number of nitrogens with zero attached hydrogens (tertiary/aromatic N) is 1. The fourth-order valence-electron chi connectivity index (χ4n) is 2.16. The van der Waals surface area contributed by atoms with Crippen molar-refractivity contribution in [2.24, 2.45) is 0 Å². The first kappa shape index (κ1) is 13.9. The van der Waals surface area contributed by atoms with Crippen LogP contribution in [-0.2, 0) is 13.1 Å². The van der Waals surface area contributed by atoms with E-state index in [-0.39, 0.29) is 0 Å². The van der Waals surface area contributed by atoms with Crippen LogP contribution in [0.4, 0.5) is 0 Å². The lowest BCUT2D eigenvalue weighted by atomic mass is 10.2. The third-order valence-electron chi connectivity index (χ3n) is 3.29. The Morgan fingerprint density at radius 1 is 1.19 bits per heavy atom. The second-order valence-corrected chi connectivity index (χ2v) is 5.65. The van der Waals surface area contributed by atoms with Crippen molar-refractivity contribution >= 4 is 11.3 Å². The van der Waals surface area contributed by atoms with E-state index in [0.717, 1.165) is 24.5 Å². The van der Waals surface area contributed by atoms with Crippen molar-refractivity contribution in [3.8, 4) is 16.3 Å². The molecule has 5 heteroatoms. The van der Waals surface area contributed by atoms with Gasteiger partial charge in [-0.05, 0) is 29.1 Å². The standard InChI is InChI=1S/C16H17N3OS/c1-20-14-6-4-12(5-7-14)9-17-10-13-11-18-19-16(13)15-3-2-8-21-15/h2-8,11,17H,9-10H2,1H3,(H,18,19). The van der Waals surface area contributed by atoms with Crippen LogP contribution in [0.3, 0.4) is 0 Å². The molecule has 3 aromatic rings. The largest absolute Gasteiger partial charge is 0.497 e. The van der Waals surface area contributed by atoms with Crippen molar-refractivity contribution in [1.29, 1.82) is 0 Å². The van der Waals surface area contributed by atoms with Gasteiger partial charge in [0.05, 0.1) is 23.9 Å². The molecule has 0 aliphatic carbocycles. The minimum atomic E-state index is 0.787. The van der Waals surface area contributed by atoms with Crippen LogP contribution >= 0.6 is 11.3 Å². The van der Waals surface area contributed by atoms with Gasteiger partial charge in [-0.15, -0.1) is 11.3 Å². The molecule has 3 rings (SSSR count). The highest BCUT2D eigenvalue weighted by atomic mass is 32.1. The van der Waals surface area contributed by atoms with Crippen LogP contribution in [0.1, 0.15) is 11.1 Å². The third kappa shape index (κ3) is 3.32. The summed E-state index contributed by atoms with van der Waals surface area (Å²) in [5.74, 6) is 0.883. The van der Waals surface area contributed by atoms with E-state index >= 15 is 0 Å². The summed E-state index contributed by atoms with van der Waals surface area (Å²) in [5.41, 5.74) is 3.52. The second-order valence-electron chi connectivity index (χ2n) is 4.70. The summed E-state index contributed by atoms with van der Waals surface area (Å²) < 4.78 is 5.16. The number of thiophene rings is 1. The topological polar surface area (TPSA) is 49.9 Å². The first-order chi connectivity index (χ1) is 10.4. The normalized spacial score (nSPS) is 10.7. The molecule has 4 nitrogen and oxygen atoms in total. The summed E-state index contributed by atoms with van der Waals surface area (Å²) in [6.45, 7) is 1.61. The molecule has 0 fully saturated rings. The first-order valence-corrected chi connectivity index (χ1v) is 7.64. The number of methoxy groups -OCH3 is 1. The molecule has 0 saturated carbocycles. The zero-order chi connectivity index (χ0) is 14.5. The molecule has 2 aromatic heterocycles. The van der Waals surface area contributed by atoms with Crippen molar-refractivity contribution in [3.05, 3.63) is 59.1 Å². The smallest absolute Gasteiger partial charge is 0.118 e. The van der Waals surface area contributed by atoms with E-state index < -0.39 is 0 Å². The lowest BCUT2D eigenvalue weighted by Crippen LogP contribution is -2.12. The van der Waals surface area contributed by atoms with Crippen molar-refractivity contribution in [1.82, 2.24) is 15.5 Å². The number of benzene rings is 1. The van der Waals surface area contributed by atoms with Gasteiger partial charge in [0.2, 0.25) is 0 Å². The quantitative estimate of drug-likeness (QED) is 0.733. The minimum Gasteiger partial charge on any atom is -0.497 e. The molecular weight excluding hydrogens is 282 g/mol. The summed E-state index contributed by atoms with van der Waals surface area (Å²) in [7, 11) is 1.68. The Labute approximate surface area is 127 Å². The first-order valence-electron chi connectivity index (χ1n) is 6.76. The number of rotatable bonds is 6. The molecule has 0 aliphatic rings. The third-order valence-corrected chi connectivity index (χ3v) is 4.18. The summed E-state index contributed by atoms with van der Waals surface area (Å²) in [5, 5.41) is 12.7. The van der Waals surface area contributed by atoms with Crippen LogP contribution in [0.15, 0.2) is 48.0 Å². The molecule has 0 aliphatic heterocycles. The van der Waals surface area contributed by atoms with Gasteiger partial charge in [0.15, 0.2) is 0 Å². The fourth-order valence-corrected chi connectivity index (χ4v) is 2.92. The maximum atomic E-state index is 5.16. The van der Waals surface area contributed by atoms with Gasteiger partial charge in [-0.25, -0.2) is 0 Å². The molecule has 2 N–H and O–H groups in total. The summed E-state index contributed by atoms with van der Waals surface area (Å²) in [6.07, 6.45) is 1.88. The Kier molecular flexibility index (Phi) is 4.33. The van der Waals surface area contributed by atoms with E-state index in [9.17, 15) is 0 Å². The molecule has 0 amide bonds. The molecule has 0 radical (unpaired) electrons. The van der Waals surface area contributed by atoms with Gasteiger partial charge in [0, 0.05) is 18.7 Å². The SMILES string of the molecule is COc1ccc(CNCc2cn[nH]c2-c2cccs2)cc1. The maximum Gasteiger partial charge on any atom is 0.118 e. The van der Waals surface area contributed by atoms with Crippen LogP contribution in [0.5, 0.6) is 5.75 Å². The van der Waals surface area contributed by atoms with Crippen LogP contribution in [0.2, 0.25) is 0 Å². The van der Waals surface area contributed by atoms with E-state index in [1.807, 2.05) is 18.3 Å². The number of ether oxygens (including phenoxy) is 1. The zero-order valence-corrected chi connectivity index (χ0v) is 12.6. The zero-order valence-electron chi connectivity index (χ0n) is 11.8. The van der Waals surface area contributed by atoms with Gasteiger partial charge >= 0.3 is 0 Å². The Hall–Kier alpha value is -2.11. The van der Waals surface area contributed by atoms with Gasteiger partial charge in [-0.2, -0.15) is 5.10 Å². The average molecular weight is 299 g/mol. The maximum absolute atomic E-state index is 5.16. The van der Waals surface area contributed by atoms with E-state index in [4.69, 9.17) is 4.74 Å². The van der Waals surface area contributed by atoms with E-state index in [1.54, 1.807) is 18.4 Å². The highest BCUT2D eigenvalue weighted by Gasteiger charge is 2.08. The summed E-state index contributed by atoms with van der Waals surface area (Å²) in [4.78, 5) is 1.22. The Morgan fingerprint density at radius 2 is 2.05 bits per heavy atom. The Bertz CT molecular complexity index is 674. The van der Waals surface area contributed by atoms with Crippen molar-refractivity contribution < 1.29 is 4.74 Å². The molecule has 108 valence electrons. The van der Waals surface area contributed by atoms with Gasteiger partial charge < -0.3 is 10.1 Å². The lowest BCUT2D eigenvalue weighted by Gasteiger charge is -2.06. The lowest BCUT2D eigenvalue weighted by molar-refractivity contribution is 0.414. The monoisotopic (exact) mass is 299 g/mol. The van der Waals surface area contributed by atoms with Gasteiger partial charge in [-0.3, -0.25) is 5.10 Å². The molecule has 2 heterocycles. The highest BCUT2D eigenvalue weighted by Crippen LogP contribution is 2.25. The molecule has 0 spiro atoms. The van der Waals surface area contributed by atoms with Crippen LogP contribution < -0.4 is 10.1 Å². The molecule has 0 atom stereocenters. The molecular formula is C16H17N3OS. The number of nitrogens with one attached hydrogen (secondary N) is 2. The highest BCUT2D eigenvalue weighted by molar-refractivity contribution is 7.13. The Balaban J connectivity index is 1.59. The summed E-state index contributed by atoms with van der Waals surface area (Å²) >= 11 is 1.72. The molecule has 0 bridgehead atoms. The number of aromatic nitrogens is 2. The van der Waals surface area contributed by atoms with Crippen LogP contribution in [-0.4, -0.2) is 17.3 Å². The van der Waals surface area contributed by atoms with Gasteiger partial charge in [0.25, 0.3) is 0 Å². The van der Waals surface area contributed by atoms with Crippen molar-refractivity contribution in [2.75, 3.05) is 7.11 Å². The minimum absolute atomic E-state index is 0.787. The number of aromatic amines is 1. The van der Waals surface area contributed by atoms with Gasteiger partial charge in [0.1, 0.15) is 5.75 Å². The van der Waals surface area contributed by atoms with Crippen molar-refractivity contribution in [2.45, 2.75) is 13.1 Å². The number of hydrogen-bond donors (Lipinski definition) is 2. The van der Waals surface area contributed by atoms with E-state index in [0.29, 0.717) is 0 Å². The summed E-state index contributed by atoms with van der Waals surface area (Å²) in [6, 6.07) is 12.3. The molecule has 0 unspecified atom stereocenters. The molecule has 21 heavy (non-hydrogen) atoms. The number of hydrogen-bond acceptors (Lipinski definition) is 4. The molecule has 0 saturated heterocycles. The van der Waals surface area contributed by atoms with Gasteiger partial charge in [-0.1, -0.05) is 18.2 Å². The van der Waals surface area contributed by atoms with Crippen LogP contribution in [0, 0.1) is 0 Å². The molecule has 1 aromatic carbocycles. The predicted octanol–water partition coefficient (Wildman–Crippen LogP) is 3.44. The second kappa shape index (κ2) is 6.56.